The third kappa shape index (κ3) is 2.17. The number of hydrogen-bond donors (Lipinski definition) is 2. The molecule has 1 fully saturated rings. The van der Waals surface area contributed by atoms with Crippen molar-refractivity contribution >= 4 is 0 Å². The van der Waals surface area contributed by atoms with E-state index in [2.05, 4.69) is 12.2 Å². The molecule has 2 N–H and O–H groups in total. The van der Waals surface area contributed by atoms with Crippen LogP contribution in [-0.4, -0.2) is 24.8 Å². The Labute approximate surface area is 69.0 Å². The second kappa shape index (κ2) is 4.07. The standard InChI is InChI=1S/C9H19NO/c1-2-9(8-11)4-3-6-10-7-5-9/h10-11H,2-8H2,1H3. The number of aliphatic hydroxyl groups is 1. The molecule has 66 valence electrons. The number of hydrogen-bond acceptors (Lipinski definition) is 2. The Kier molecular flexibility index (Phi) is 3.34. The fourth-order valence-electron chi connectivity index (χ4n) is 1.82. The molecule has 2 nitrogen and oxygen atoms in total. The normalized spacial score (nSPS) is 33.3. The predicted molar refractivity (Wildman–Crippen MR) is 46.5 cm³/mol. The van der Waals surface area contributed by atoms with Crippen molar-refractivity contribution in [1.29, 1.82) is 0 Å². The van der Waals surface area contributed by atoms with E-state index in [1.54, 1.807) is 0 Å². The van der Waals surface area contributed by atoms with Crippen LogP contribution in [0.1, 0.15) is 32.6 Å². The van der Waals surface area contributed by atoms with Gasteiger partial charge in [0.05, 0.1) is 0 Å². The molecule has 0 saturated carbocycles. The highest BCUT2D eigenvalue weighted by Gasteiger charge is 2.27. The first kappa shape index (κ1) is 9.01. The van der Waals surface area contributed by atoms with Gasteiger partial charge in [0.25, 0.3) is 0 Å². The molecule has 0 radical (unpaired) electrons. The van der Waals surface area contributed by atoms with E-state index in [0.29, 0.717) is 6.61 Å². The molecule has 1 unspecified atom stereocenters. The van der Waals surface area contributed by atoms with Crippen LogP contribution in [-0.2, 0) is 0 Å². The van der Waals surface area contributed by atoms with Crippen molar-refractivity contribution in [2.45, 2.75) is 32.6 Å². The highest BCUT2D eigenvalue weighted by molar-refractivity contribution is 4.80. The molecule has 0 amide bonds. The van der Waals surface area contributed by atoms with Crippen LogP contribution in [0.5, 0.6) is 0 Å². The topological polar surface area (TPSA) is 32.3 Å². The molecule has 1 heterocycles. The quantitative estimate of drug-likeness (QED) is 0.630. The van der Waals surface area contributed by atoms with Crippen LogP contribution in [0.4, 0.5) is 0 Å². The summed E-state index contributed by atoms with van der Waals surface area (Å²) in [6.07, 6.45) is 4.66. The third-order valence-electron chi connectivity index (χ3n) is 2.98. The van der Waals surface area contributed by atoms with Gasteiger partial charge >= 0.3 is 0 Å². The molecule has 2 heteroatoms. The van der Waals surface area contributed by atoms with Crippen molar-refractivity contribution in [2.75, 3.05) is 19.7 Å². The molecule has 11 heavy (non-hydrogen) atoms. The minimum absolute atomic E-state index is 0.240. The third-order valence-corrected chi connectivity index (χ3v) is 2.98. The molecule has 0 spiro atoms. The van der Waals surface area contributed by atoms with Gasteiger partial charge in [-0.2, -0.15) is 0 Å². The number of rotatable bonds is 2. The summed E-state index contributed by atoms with van der Waals surface area (Å²) in [7, 11) is 0. The Morgan fingerprint density at radius 3 is 2.82 bits per heavy atom. The van der Waals surface area contributed by atoms with E-state index in [1.165, 1.54) is 12.8 Å². The Hall–Kier alpha value is -0.0800. The molecule has 0 aromatic carbocycles. The van der Waals surface area contributed by atoms with Crippen molar-refractivity contribution in [3.8, 4) is 0 Å². The van der Waals surface area contributed by atoms with Crippen LogP contribution in [0.15, 0.2) is 0 Å². The summed E-state index contributed by atoms with van der Waals surface area (Å²) >= 11 is 0. The first-order valence-corrected chi connectivity index (χ1v) is 4.64. The summed E-state index contributed by atoms with van der Waals surface area (Å²) < 4.78 is 0. The van der Waals surface area contributed by atoms with Gasteiger partial charge in [-0.15, -0.1) is 0 Å². The van der Waals surface area contributed by atoms with E-state index >= 15 is 0 Å². The maximum absolute atomic E-state index is 9.24. The van der Waals surface area contributed by atoms with Gasteiger partial charge in [-0.3, -0.25) is 0 Å². The predicted octanol–water partition coefficient (Wildman–Crippen LogP) is 1.15. The van der Waals surface area contributed by atoms with Crippen molar-refractivity contribution in [1.82, 2.24) is 5.32 Å². The van der Waals surface area contributed by atoms with E-state index < -0.39 is 0 Å². The minimum Gasteiger partial charge on any atom is -0.396 e. The lowest BCUT2D eigenvalue weighted by Crippen LogP contribution is -2.25. The summed E-state index contributed by atoms with van der Waals surface area (Å²) in [4.78, 5) is 0. The van der Waals surface area contributed by atoms with Crippen LogP contribution in [0.25, 0.3) is 0 Å². The molecule has 1 rings (SSSR count). The number of nitrogens with one attached hydrogen (secondary N) is 1. The van der Waals surface area contributed by atoms with E-state index in [1.807, 2.05) is 0 Å². The highest BCUT2D eigenvalue weighted by Crippen LogP contribution is 2.32. The van der Waals surface area contributed by atoms with Gasteiger partial charge in [0.2, 0.25) is 0 Å². The average Bonchev–Trinajstić information content (AvgIpc) is 2.30. The first-order chi connectivity index (χ1) is 5.33. The molecule has 0 aliphatic carbocycles. The summed E-state index contributed by atoms with van der Waals surface area (Å²) in [5.74, 6) is 0. The second-order valence-corrected chi connectivity index (χ2v) is 3.62. The first-order valence-electron chi connectivity index (χ1n) is 4.64. The fraction of sp³-hybridized carbons (Fsp3) is 1.00. The van der Waals surface area contributed by atoms with Crippen LogP contribution < -0.4 is 5.32 Å². The van der Waals surface area contributed by atoms with Crippen LogP contribution in [0.2, 0.25) is 0 Å². The van der Waals surface area contributed by atoms with E-state index in [9.17, 15) is 5.11 Å². The van der Waals surface area contributed by atoms with Gasteiger partial charge in [-0.25, -0.2) is 0 Å². The van der Waals surface area contributed by atoms with Crippen molar-refractivity contribution < 1.29 is 5.11 Å². The van der Waals surface area contributed by atoms with E-state index in [4.69, 9.17) is 0 Å². The highest BCUT2D eigenvalue weighted by atomic mass is 16.3. The summed E-state index contributed by atoms with van der Waals surface area (Å²) in [6.45, 7) is 4.75. The maximum Gasteiger partial charge on any atom is 0.0487 e. The van der Waals surface area contributed by atoms with Crippen molar-refractivity contribution in [2.24, 2.45) is 5.41 Å². The monoisotopic (exact) mass is 157 g/mol. The minimum atomic E-state index is 0.240. The van der Waals surface area contributed by atoms with E-state index in [0.717, 1.165) is 25.9 Å². The van der Waals surface area contributed by atoms with Crippen LogP contribution in [0.3, 0.4) is 0 Å². The largest absolute Gasteiger partial charge is 0.396 e. The Bertz CT molecular complexity index is 100. The summed E-state index contributed by atoms with van der Waals surface area (Å²) in [5, 5.41) is 12.6. The molecule has 0 aromatic rings. The van der Waals surface area contributed by atoms with Gasteiger partial charge in [0, 0.05) is 6.61 Å². The van der Waals surface area contributed by atoms with Crippen LogP contribution >= 0.6 is 0 Å². The maximum atomic E-state index is 9.24. The zero-order valence-corrected chi connectivity index (χ0v) is 7.40. The molecule has 1 aliphatic rings. The fourth-order valence-corrected chi connectivity index (χ4v) is 1.82. The Morgan fingerprint density at radius 1 is 1.36 bits per heavy atom. The molecule has 0 aromatic heterocycles. The zero-order chi connectivity index (χ0) is 8.16. The Balaban J connectivity index is 2.49. The molecule has 1 atom stereocenters. The van der Waals surface area contributed by atoms with E-state index in [-0.39, 0.29) is 5.41 Å². The molecule has 1 saturated heterocycles. The summed E-state index contributed by atoms with van der Waals surface area (Å²) in [6, 6.07) is 0. The smallest absolute Gasteiger partial charge is 0.0487 e. The molecule has 0 bridgehead atoms. The zero-order valence-electron chi connectivity index (χ0n) is 7.40. The van der Waals surface area contributed by atoms with Crippen molar-refractivity contribution in [3.63, 3.8) is 0 Å². The lowest BCUT2D eigenvalue weighted by Gasteiger charge is -2.28. The van der Waals surface area contributed by atoms with Gasteiger partial charge in [-0.1, -0.05) is 6.92 Å². The van der Waals surface area contributed by atoms with Gasteiger partial charge in [0.15, 0.2) is 0 Å². The van der Waals surface area contributed by atoms with Crippen molar-refractivity contribution in [3.05, 3.63) is 0 Å². The SMILES string of the molecule is CCC1(CO)CCCNCC1. The molecular formula is C9H19NO. The molecule has 1 aliphatic heterocycles. The Morgan fingerprint density at radius 2 is 2.18 bits per heavy atom. The average molecular weight is 157 g/mol. The lowest BCUT2D eigenvalue weighted by atomic mass is 9.79. The van der Waals surface area contributed by atoms with Gasteiger partial charge in [-0.05, 0) is 44.2 Å². The van der Waals surface area contributed by atoms with Gasteiger partial charge < -0.3 is 10.4 Å². The van der Waals surface area contributed by atoms with Crippen LogP contribution in [0, 0.1) is 5.41 Å². The molecular weight excluding hydrogens is 138 g/mol. The van der Waals surface area contributed by atoms with Gasteiger partial charge in [0.1, 0.15) is 0 Å². The summed E-state index contributed by atoms with van der Waals surface area (Å²) in [5.41, 5.74) is 0.240. The lowest BCUT2D eigenvalue weighted by molar-refractivity contribution is 0.106. The number of aliphatic hydroxyl groups excluding tert-OH is 1. The second-order valence-electron chi connectivity index (χ2n) is 3.62.